The van der Waals surface area contributed by atoms with E-state index in [-0.39, 0.29) is 11.8 Å². The SMILES string of the molecule is CCNC(=O)[C@@H]1CCCN(c2ccc(-n3nc(C)cc3C)nn2)C1. The van der Waals surface area contributed by atoms with Crippen molar-refractivity contribution in [2.75, 3.05) is 24.5 Å². The van der Waals surface area contributed by atoms with Crippen LogP contribution in [0.2, 0.25) is 0 Å². The fourth-order valence-corrected chi connectivity index (χ4v) is 3.18. The van der Waals surface area contributed by atoms with Gasteiger partial charge in [-0.1, -0.05) is 0 Å². The number of hydrogen-bond donors (Lipinski definition) is 1. The van der Waals surface area contributed by atoms with E-state index in [4.69, 9.17) is 0 Å². The van der Waals surface area contributed by atoms with Crippen molar-refractivity contribution in [3.63, 3.8) is 0 Å². The van der Waals surface area contributed by atoms with E-state index in [0.717, 1.165) is 36.6 Å². The average molecular weight is 328 g/mol. The summed E-state index contributed by atoms with van der Waals surface area (Å²) in [5.41, 5.74) is 1.99. The van der Waals surface area contributed by atoms with Gasteiger partial charge in [-0.15, -0.1) is 10.2 Å². The number of carbonyl (C=O) groups excluding carboxylic acids is 1. The molecule has 0 spiro atoms. The number of nitrogens with one attached hydrogen (secondary N) is 1. The minimum absolute atomic E-state index is 0.0242. The zero-order valence-corrected chi connectivity index (χ0v) is 14.5. The van der Waals surface area contributed by atoms with E-state index in [1.54, 1.807) is 4.68 Å². The molecule has 1 saturated heterocycles. The molecule has 1 aliphatic rings. The third kappa shape index (κ3) is 3.39. The summed E-state index contributed by atoms with van der Waals surface area (Å²) in [4.78, 5) is 14.2. The first-order valence-electron chi connectivity index (χ1n) is 8.48. The summed E-state index contributed by atoms with van der Waals surface area (Å²) in [5, 5.41) is 16.0. The van der Waals surface area contributed by atoms with Gasteiger partial charge in [-0.05, 0) is 51.8 Å². The van der Waals surface area contributed by atoms with E-state index in [1.807, 2.05) is 39.0 Å². The fourth-order valence-electron chi connectivity index (χ4n) is 3.18. The maximum Gasteiger partial charge on any atom is 0.224 e. The van der Waals surface area contributed by atoms with E-state index in [9.17, 15) is 4.79 Å². The van der Waals surface area contributed by atoms with Gasteiger partial charge in [0.15, 0.2) is 11.6 Å². The van der Waals surface area contributed by atoms with Crippen molar-refractivity contribution >= 4 is 11.7 Å². The highest BCUT2D eigenvalue weighted by Gasteiger charge is 2.26. The predicted octanol–water partition coefficient (Wildman–Crippen LogP) is 1.63. The van der Waals surface area contributed by atoms with Crippen LogP contribution in [0.5, 0.6) is 0 Å². The Bertz CT molecular complexity index is 708. The van der Waals surface area contributed by atoms with Gasteiger partial charge in [0, 0.05) is 25.3 Å². The Labute approximate surface area is 142 Å². The number of aromatic nitrogens is 4. The van der Waals surface area contributed by atoms with Crippen molar-refractivity contribution in [3.8, 4) is 5.82 Å². The number of hydrogen-bond acceptors (Lipinski definition) is 5. The summed E-state index contributed by atoms with van der Waals surface area (Å²) in [7, 11) is 0. The number of anilines is 1. The number of nitrogens with zero attached hydrogens (tertiary/aromatic N) is 5. The Morgan fingerprint density at radius 2 is 2.04 bits per heavy atom. The first-order chi connectivity index (χ1) is 11.6. The molecule has 0 aliphatic carbocycles. The van der Waals surface area contributed by atoms with E-state index in [0.29, 0.717) is 18.9 Å². The second-order valence-electron chi connectivity index (χ2n) is 6.27. The lowest BCUT2D eigenvalue weighted by molar-refractivity contribution is -0.125. The second-order valence-corrected chi connectivity index (χ2v) is 6.27. The molecule has 3 heterocycles. The lowest BCUT2D eigenvalue weighted by Crippen LogP contribution is -2.43. The second kappa shape index (κ2) is 6.98. The Balaban J connectivity index is 1.73. The van der Waals surface area contributed by atoms with Crippen LogP contribution in [-0.4, -0.2) is 45.5 Å². The van der Waals surface area contributed by atoms with Crippen LogP contribution < -0.4 is 10.2 Å². The number of aryl methyl sites for hydroxylation is 2. The molecule has 0 aromatic carbocycles. The molecular weight excluding hydrogens is 304 g/mol. The molecule has 0 unspecified atom stereocenters. The summed E-state index contributed by atoms with van der Waals surface area (Å²) < 4.78 is 1.79. The van der Waals surface area contributed by atoms with Crippen molar-refractivity contribution in [2.24, 2.45) is 5.92 Å². The van der Waals surface area contributed by atoms with Crippen LogP contribution in [0, 0.1) is 19.8 Å². The quantitative estimate of drug-likeness (QED) is 0.923. The molecular formula is C17H24N6O. The van der Waals surface area contributed by atoms with Crippen molar-refractivity contribution in [3.05, 3.63) is 29.6 Å². The first kappa shape index (κ1) is 16.4. The van der Waals surface area contributed by atoms with Crippen LogP contribution >= 0.6 is 0 Å². The van der Waals surface area contributed by atoms with Gasteiger partial charge in [-0.25, -0.2) is 4.68 Å². The maximum atomic E-state index is 12.1. The van der Waals surface area contributed by atoms with E-state index in [1.165, 1.54) is 0 Å². The van der Waals surface area contributed by atoms with Crippen LogP contribution in [-0.2, 0) is 4.79 Å². The standard InChI is InChI=1S/C17H24N6O/c1-4-18-17(24)14-6-5-9-22(11-14)15-7-8-16(20-19-15)23-13(3)10-12(2)21-23/h7-8,10,14H,4-6,9,11H2,1-3H3,(H,18,24)/t14-/m1/s1. The normalized spacial score (nSPS) is 17.8. The van der Waals surface area contributed by atoms with E-state index in [2.05, 4.69) is 25.5 Å². The fraction of sp³-hybridized carbons (Fsp3) is 0.529. The zero-order chi connectivity index (χ0) is 17.1. The van der Waals surface area contributed by atoms with Gasteiger partial charge < -0.3 is 10.2 Å². The summed E-state index contributed by atoms with van der Waals surface area (Å²) >= 11 is 0. The summed E-state index contributed by atoms with van der Waals surface area (Å²) in [5.74, 6) is 1.68. The van der Waals surface area contributed by atoms with Gasteiger partial charge in [-0.2, -0.15) is 5.10 Å². The topological polar surface area (TPSA) is 75.9 Å². The molecule has 24 heavy (non-hydrogen) atoms. The summed E-state index contributed by atoms with van der Waals surface area (Å²) in [6.45, 7) is 8.18. The van der Waals surface area contributed by atoms with Crippen molar-refractivity contribution in [1.29, 1.82) is 0 Å². The zero-order valence-electron chi connectivity index (χ0n) is 14.5. The molecule has 1 amide bonds. The van der Waals surface area contributed by atoms with E-state index >= 15 is 0 Å². The smallest absolute Gasteiger partial charge is 0.224 e. The minimum atomic E-state index is 0.0242. The summed E-state index contributed by atoms with van der Waals surface area (Å²) in [6, 6.07) is 5.90. The van der Waals surface area contributed by atoms with Gasteiger partial charge >= 0.3 is 0 Å². The van der Waals surface area contributed by atoms with Crippen LogP contribution in [0.1, 0.15) is 31.2 Å². The molecule has 7 nitrogen and oxygen atoms in total. The van der Waals surface area contributed by atoms with Crippen LogP contribution in [0.3, 0.4) is 0 Å². The predicted molar refractivity (Wildman–Crippen MR) is 92.2 cm³/mol. The number of carbonyl (C=O) groups is 1. The lowest BCUT2D eigenvalue weighted by Gasteiger charge is -2.32. The Kier molecular flexibility index (Phi) is 4.78. The van der Waals surface area contributed by atoms with Gasteiger partial charge in [0.05, 0.1) is 11.6 Å². The minimum Gasteiger partial charge on any atom is -0.356 e. The van der Waals surface area contributed by atoms with Crippen LogP contribution in [0.4, 0.5) is 5.82 Å². The molecule has 7 heteroatoms. The first-order valence-corrected chi connectivity index (χ1v) is 8.48. The van der Waals surface area contributed by atoms with Crippen LogP contribution in [0.15, 0.2) is 18.2 Å². The highest BCUT2D eigenvalue weighted by atomic mass is 16.1. The molecule has 0 bridgehead atoms. The largest absolute Gasteiger partial charge is 0.356 e. The van der Waals surface area contributed by atoms with Crippen molar-refractivity contribution in [1.82, 2.24) is 25.3 Å². The molecule has 1 atom stereocenters. The Morgan fingerprint density at radius 3 is 2.67 bits per heavy atom. The highest BCUT2D eigenvalue weighted by Crippen LogP contribution is 2.22. The maximum absolute atomic E-state index is 12.1. The lowest BCUT2D eigenvalue weighted by atomic mass is 9.97. The van der Waals surface area contributed by atoms with Crippen molar-refractivity contribution in [2.45, 2.75) is 33.6 Å². The third-order valence-electron chi connectivity index (χ3n) is 4.33. The Morgan fingerprint density at radius 1 is 1.29 bits per heavy atom. The van der Waals surface area contributed by atoms with Gasteiger partial charge in [-0.3, -0.25) is 4.79 Å². The summed E-state index contributed by atoms with van der Waals surface area (Å²) in [6.07, 6.45) is 1.92. The average Bonchev–Trinajstić information content (AvgIpc) is 2.94. The molecule has 128 valence electrons. The molecule has 1 N–H and O–H groups in total. The number of rotatable bonds is 4. The molecule has 2 aromatic heterocycles. The third-order valence-corrected chi connectivity index (χ3v) is 4.33. The van der Waals surface area contributed by atoms with Gasteiger partial charge in [0.25, 0.3) is 0 Å². The molecule has 0 radical (unpaired) electrons. The van der Waals surface area contributed by atoms with Crippen LogP contribution in [0.25, 0.3) is 5.82 Å². The monoisotopic (exact) mass is 328 g/mol. The van der Waals surface area contributed by atoms with Gasteiger partial charge in [0.2, 0.25) is 5.91 Å². The molecule has 0 saturated carbocycles. The molecule has 1 aliphatic heterocycles. The number of amides is 1. The highest BCUT2D eigenvalue weighted by molar-refractivity contribution is 5.79. The molecule has 2 aromatic rings. The Hall–Kier alpha value is -2.44. The molecule has 1 fully saturated rings. The van der Waals surface area contributed by atoms with Gasteiger partial charge in [0.1, 0.15) is 0 Å². The van der Waals surface area contributed by atoms with E-state index < -0.39 is 0 Å². The molecule has 3 rings (SSSR count). The number of piperidine rings is 1. The van der Waals surface area contributed by atoms with Crippen molar-refractivity contribution < 1.29 is 4.79 Å².